The van der Waals surface area contributed by atoms with Crippen LogP contribution in [0.15, 0.2) is 47.1 Å². The number of rotatable bonds is 6. The summed E-state index contributed by atoms with van der Waals surface area (Å²) in [7, 11) is 4.06. The van der Waals surface area contributed by atoms with Crippen LogP contribution in [0.4, 0.5) is 0 Å². The highest BCUT2D eigenvalue weighted by atomic mass is 16.3. The lowest BCUT2D eigenvalue weighted by atomic mass is 9.96. The second-order valence-electron chi connectivity index (χ2n) is 7.29. The molecule has 6 nitrogen and oxygen atoms in total. The van der Waals surface area contributed by atoms with E-state index in [2.05, 4.69) is 16.3 Å². The zero-order chi connectivity index (χ0) is 19.2. The lowest BCUT2D eigenvalue weighted by Crippen LogP contribution is -2.45. The summed E-state index contributed by atoms with van der Waals surface area (Å²) in [4.78, 5) is 29.0. The number of carbonyl (C=O) groups is 2. The number of carbonyl (C=O) groups excluding carboxylic acids is 2. The van der Waals surface area contributed by atoms with Gasteiger partial charge in [0.15, 0.2) is 5.76 Å². The molecule has 0 radical (unpaired) electrons. The Morgan fingerprint density at radius 3 is 2.67 bits per heavy atom. The summed E-state index contributed by atoms with van der Waals surface area (Å²) in [6, 6.07) is 11.5. The van der Waals surface area contributed by atoms with Gasteiger partial charge in [-0.15, -0.1) is 0 Å². The minimum Gasteiger partial charge on any atom is -0.459 e. The van der Waals surface area contributed by atoms with Gasteiger partial charge in [-0.2, -0.15) is 0 Å². The van der Waals surface area contributed by atoms with E-state index in [1.165, 1.54) is 11.8 Å². The van der Waals surface area contributed by atoms with Gasteiger partial charge in [-0.1, -0.05) is 24.3 Å². The molecule has 0 unspecified atom stereocenters. The van der Waals surface area contributed by atoms with Crippen LogP contribution >= 0.6 is 0 Å². The first-order chi connectivity index (χ1) is 13.0. The molecule has 1 aliphatic rings. The molecule has 3 rings (SSSR count). The fraction of sp³-hybridized carbons (Fsp3) is 0.429. The summed E-state index contributed by atoms with van der Waals surface area (Å²) in [6.45, 7) is 2.44. The molecule has 27 heavy (non-hydrogen) atoms. The van der Waals surface area contributed by atoms with Gasteiger partial charge in [-0.05, 0) is 50.2 Å². The Bertz CT molecular complexity index is 771. The van der Waals surface area contributed by atoms with Crippen LogP contribution in [0.1, 0.15) is 34.5 Å². The molecule has 0 spiro atoms. The maximum Gasteiger partial charge on any atom is 0.289 e. The van der Waals surface area contributed by atoms with Gasteiger partial charge in [-0.25, -0.2) is 0 Å². The van der Waals surface area contributed by atoms with Gasteiger partial charge in [-0.3, -0.25) is 9.59 Å². The molecule has 1 aliphatic heterocycles. The summed E-state index contributed by atoms with van der Waals surface area (Å²) in [6.07, 6.45) is 3.11. The van der Waals surface area contributed by atoms with Gasteiger partial charge in [0, 0.05) is 26.2 Å². The van der Waals surface area contributed by atoms with Gasteiger partial charge in [0.1, 0.15) is 0 Å². The van der Waals surface area contributed by atoms with Crippen LogP contribution in [-0.4, -0.2) is 48.8 Å². The standard InChI is InChI=1S/C21H27N3O3/c1-23(2)14-17-8-4-3-7-16(17)13-22-20(25)18-9-5-11-24(15-18)21(26)19-10-6-12-27-19/h3-4,6-8,10,12,18H,5,9,11,13-15H2,1-2H3,(H,22,25)/t18-/m1/s1. The van der Waals surface area contributed by atoms with E-state index in [0.717, 1.165) is 24.9 Å². The van der Waals surface area contributed by atoms with Gasteiger partial charge < -0.3 is 19.5 Å². The molecule has 1 saturated heterocycles. The van der Waals surface area contributed by atoms with Crippen molar-refractivity contribution >= 4 is 11.8 Å². The van der Waals surface area contributed by atoms with Crippen molar-refractivity contribution < 1.29 is 14.0 Å². The summed E-state index contributed by atoms with van der Waals surface area (Å²) < 4.78 is 5.20. The van der Waals surface area contributed by atoms with Crippen molar-refractivity contribution in [2.75, 3.05) is 27.2 Å². The van der Waals surface area contributed by atoms with Crippen molar-refractivity contribution in [3.8, 4) is 0 Å². The highest BCUT2D eigenvalue weighted by molar-refractivity contribution is 5.92. The zero-order valence-corrected chi connectivity index (χ0v) is 16.0. The number of benzene rings is 1. The summed E-state index contributed by atoms with van der Waals surface area (Å²) in [5.41, 5.74) is 2.33. The largest absolute Gasteiger partial charge is 0.459 e. The Balaban J connectivity index is 1.57. The van der Waals surface area contributed by atoms with Crippen LogP contribution in [0.2, 0.25) is 0 Å². The van der Waals surface area contributed by atoms with E-state index in [9.17, 15) is 9.59 Å². The third-order valence-electron chi connectivity index (χ3n) is 4.87. The van der Waals surface area contributed by atoms with Crippen molar-refractivity contribution in [1.29, 1.82) is 0 Å². The van der Waals surface area contributed by atoms with Gasteiger partial charge >= 0.3 is 0 Å². The molecule has 2 heterocycles. The summed E-state index contributed by atoms with van der Waals surface area (Å²) in [5.74, 6) is 0.00720. The number of nitrogens with zero attached hydrogens (tertiary/aromatic N) is 2. The first kappa shape index (κ1) is 19.2. The van der Waals surface area contributed by atoms with Crippen molar-refractivity contribution in [1.82, 2.24) is 15.1 Å². The molecule has 0 bridgehead atoms. The van der Waals surface area contributed by atoms with Crippen LogP contribution in [0.5, 0.6) is 0 Å². The highest BCUT2D eigenvalue weighted by Crippen LogP contribution is 2.19. The zero-order valence-electron chi connectivity index (χ0n) is 16.0. The molecule has 0 saturated carbocycles. The van der Waals surface area contributed by atoms with E-state index in [-0.39, 0.29) is 17.7 Å². The van der Waals surface area contributed by atoms with Gasteiger partial charge in [0.05, 0.1) is 12.2 Å². The third kappa shape index (κ3) is 4.98. The molecule has 0 aliphatic carbocycles. The monoisotopic (exact) mass is 369 g/mol. The lowest BCUT2D eigenvalue weighted by Gasteiger charge is -2.31. The third-order valence-corrected chi connectivity index (χ3v) is 4.87. The van der Waals surface area contributed by atoms with E-state index in [0.29, 0.717) is 25.4 Å². The Morgan fingerprint density at radius 1 is 1.19 bits per heavy atom. The molecule has 6 heteroatoms. The van der Waals surface area contributed by atoms with E-state index < -0.39 is 0 Å². The fourth-order valence-electron chi connectivity index (χ4n) is 3.48. The molecule has 1 aromatic heterocycles. The average Bonchev–Trinajstić information content (AvgIpc) is 3.21. The van der Waals surface area contributed by atoms with Crippen molar-refractivity contribution in [3.63, 3.8) is 0 Å². The lowest BCUT2D eigenvalue weighted by molar-refractivity contribution is -0.126. The predicted molar refractivity (Wildman–Crippen MR) is 103 cm³/mol. The van der Waals surface area contributed by atoms with E-state index in [4.69, 9.17) is 4.42 Å². The molecule has 1 atom stereocenters. The Hall–Kier alpha value is -2.60. The minimum absolute atomic E-state index is 0.00611. The SMILES string of the molecule is CN(C)Cc1ccccc1CNC(=O)[C@@H]1CCCN(C(=O)c2ccco2)C1. The highest BCUT2D eigenvalue weighted by Gasteiger charge is 2.29. The molecular weight excluding hydrogens is 342 g/mol. The topological polar surface area (TPSA) is 65.8 Å². The van der Waals surface area contributed by atoms with E-state index >= 15 is 0 Å². The van der Waals surface area contributed by atoms with Crippen molar-refractivity contribution in [2.45, 2.75) is 25.9 Å². The predicted octanol–water partition coefficient (Wildman–Crippen LogP) is 2.51. The number of furan rings is 1. The van der Waals surface area contributed by atoms with Crippen LogP contribution in [0, 0.1) is 5.92 Å². The number of nitrogens with one attached hydrogen (secondary N) is 1. The average molecular weight is 369 g/mol. The number of likely N-dealkylation sites (tertiary alicyclic amines) is 1. The molecule has 1 aromatic carbocycles. The smallest absolute Gasteiger partial charge is 0.289 e. The molecule has 144 valence electrons. The normalized spacial score (nSPS) is 17.1. The fourth-order valence-corrected chi connectivity index (χ4v) is 3.48. The Kier molecular flexibility index (Phi) is 6.29. The second-order valence-corrected chi connectivity index (χ2v) is 7.29. The molecular formula is C21H27N3O3. The van der Waals surface area contributed by atoms with Crippen molar-refractivity contribution in [2.24, 2.45) is 5.92 Å². The number of piperidine rings is 1. The van der Waals surface area contributed by atoms with Crippen LogP contribution in [-0.2, 0) is 17.9 Å². The van der Waals surface area contributed by atoms with E-state index in [1.807, 2.05) is 32.3 Å². The van der Waals surface area contributed by atoms with Gasteiger partial charge in [0.25, 0.3) is 5.91 Å². The minimum atomic E-state index is -0.182. The Morgan fingerprint density at radius 2 is 1.96 bits per heavy atom. The maximum atomic E-state index is 12.7. The van der Waals surface area contributed by atoms with Gasteiger partial charge in [0.2, 0.25) is 5.91 Å². The molecule has 2 amide bonds. The molecule has 1 fully saturated rings. The van der Waals surface area contributed by atoms with Crippen LogP contribution < -0.4 is 5.32 Å². The number of hydrogen-bond acceptors (Lipinski definition) is 4. The van der Waals surface area contributed by atoms with Crippen LogP contribution in [0.3, 0.4) is 0 Å². The first-order valence-corrected chi connectivity index (χ1v) is 9.36. The van der Waals surface area contributed by atoms with Crippen LogP contribution in [0.25, 0.3) is 0 Å². The molecule has 2 aromatic rings. The summed E-state index contributed by atoms with van der Waals surface area (Å²) >= 11 is 0. The maximum absolute atomic E-state index is 12.7. The van der Waals surface area contributed by atoms with Crippen molar-refractivity contribution in [3.05, 3.63) is 59.5 Å². The number of hydrogen-bond donors (Lipinski definition) is 1. The second kappa shape index (κ2) is 8.86. The summed E-state index contributed by atoms with van der Waals surface area (Å²) in [5, 5.41) is 3.06. The Labute approximate surface area is 160 Å². The number of amides is 2. The van der Waals surface area contributed by atoms with E-state index in [1.54, 1.807) is 17.0 Å². The first-order valence-electron chi connectivity index (χ1n) is 9.36. The molecule has 1 N–H and O–H groups in total. The quantitative estimate of drug-likeness (QED) is 0.850.